The third-order valence-corrected chi connectivity index (χ3v) is 5.11. The van der Waals surface area contributed by atoms with Crippen molar-refractivity contribution in [3.05, 3.63) is 34.9 Å². The molecule has 0 amide bonds. The molecule has 0 aromatic heterocycles. The summed E-state index contributed by atoms with van der Waals surface area (Å²) < 4.78 is 38.9. The van der Waals surface area contributed by atoms with Crippen molar-refractivity contribution < 1.29 is 22.1 Å². The highest BCUT2D eigenvalue weighted by atomic mass is 35.5. The predicted molar refractivity (Wildman–Crippen MR) is 85.0 cm³/mol. The maximum absolute atomic E-state index is 10.9. The van der Waals surface area contributed by atoms with Crippen LogP contribution in [0.15, 0.2) is 24.3 Å². The van der Waals surface area contributed by atoms with Crippen LogP contribution in [0.1, 0.15) is 43.8 Å². The zero-order chi connectivity index (χ0) is 16.5. The summed E-state index contributed by atoms with van der Waals surface area (Å²) in [5.41, 5.74) is 0.846. The minimum atomic E-state index is -3.96. The van der Waals surface area contributed by atoms with Gasteiger partial charge in [-0.3, -0.25) is 4.18 Å². The highest BCUT2D eigenvalue weighted by Gasteiger charge is 2.49. The van der Waals surface area contributed by atoms with E-state index in [1.165, 1.54) is 0 Å². The summed E-state index contributed by atoms with van der Waals surface area (Å²) in [6.07, 6.45) is 3.46. The number of hydrogen-bond acceptors (Lipinski definition) is 5. The maximum Gasteiger partial charge on any atom is 0.333 e. The molecule has 2 fully saturated rings. The van der Waals surface area contributed by atoms with Gasteiger partial charge in [0.2, 0.25) is 0 Å². The third-order valence-electron chi connectivity index (χ3n) is 4.27. The second kappa shape index (κ2) is 6.66. The Morgan fingerprint density at radius 1 is 1.26 bits per heavy atom. The van der Waals surface area contributed by atoms with Crippen LogP contribution in [0.25, 0.3) is 0 Å². The Morgan fingerprint density at radius 3 is 2.61 bits per heavy atom. The lowest BCUT2D eigenvalue weighted by molar-refractivity contribution is -0.170. The topological polar surface area (TPSA) is 87.9 Å². The fourth-order valence-corrected chi connectivity index (χ4v) is 3.85. The quantitative estimate of drug-likeness (QED) is 0.871. The van der Waals surface area contributed by atoms with E-state index in [0.717, 1.165) is 31.2 Å². The van der Waals surface area contributed by atoms with Gasteiger partial charge in [-0.05, 0) is 18.9 Å². The number of nitrogens with two attached hydrogens (primary N) is 1. The molecule has 1 heterocycles. The molecule has 8 heteroatoms. The van der Waals surface area contributed by atoms with Crippen LogP contribution in [0.4, 0.5) is 0 Å². The van der Waals surface area contributed by atoms with Crippen LogP contribution < -0.4 is 5.14 Å². The minimum Gasteiger partial charge on any atom is -0.344 e. The lowest BCUT2D eigenvalue weighted by atomic mass is 10.0. The van der Waals surface area contributed by atoms with Crippen LogP contribution in [-0.2, 0) is 24.0 Å². The molecule has 23 heavy (non-hydrogen) atoms. The van der Waals surface area contributed by atoms with Gasteiger partial charge in [0.1, 0.15) is 6.10 Å². The van der Waals surface area contributed by atoms with E-state index in [9.17, 15) is 8.42 Å². The van der Waals surface area contributed by atoms with Gasteiger partial charge in [0.25, 0.3) is 0 Å². The van der Waals surface area contributed by atoms with Gasteiger partial charge >= 0.3 is 10.3 Å². The monoisotopic (exact) mass is 361 g/mol. The van der Waals surface area contributed by atoms with Gasteiger partial charge < -0.3 is 9.47 Å². The highest BCUT2D eigenvalue weighted by Crippen LogP contribution is 2.48. The molecule has 0 radical (unpaired) electrons. The van der Waals surface area contributed by atoms with Crippen LogP contribution in [0.3, 0.4) is 0 Å². The van der Waals surface area contributed by atoms with Crippen molar-refractivity contribution in [3.8, 4) is 0 Å². The molecule has 2 atom stereocenters. The SMILES string of the molecule is NS(=O)(=O)OCCC1OC2(CCCC2)OC1c1ccccc1Cl. The Labute approximate surface area is 141 Å². The molecule has 1 aromatic rings. The first-order valence-electron chi connectivity index (χ1n) is 7.66. The molecule has 0 bridgehead atoms. The van der Waals surface area contributed by atoms with E-state index in [1.807, 2.05) is 18.2 Å². The molecule has 1 aliphatic carbocycles. The lowest BCUT2D eigenvalue weighted by Crippen LogP contribution is -2.27. The molecular formula is C15H20ClNO5S. The van der Waals surface area contributed by atoms with Gasteiger partial charge in [-0.1, -0.05) is 29.8 Å². The average molecular weight is 362 g/mol. The first kappa shape index (κ1) is 17.1. The average Bonchev–Trinajstić information content (AvgIpc) is 3.06. The highest BCUT2D eigenvalue weighted by molar-refractivity contribution is 7.84. The van der Waals surface area contributed by atoms with Crippen molar-refractivity contribution in [1.29, 1.82) is 0 Å². The van der Waals surface area contributed by atoms with Crippen LogP contribution >= 0.6 is 11.6 Å². The normalized spacial score (nSPS) is 26.9. The third kappa shape index (κ3) is 4.04. The van der Waals surface area contributed by atoms with E-state index in [2.05, 4.69) is 4.18 Å². The number of rotatable bonds is 5. The Bertz CT molecular complexity index is 660. The Balaban J connectivity index is 1.77. The van der Waals surface area contributed by atoms with Crippen molar-refractivity contribution in [2.24, 2.45) is 5.14 Å². The molecule has 1 aliphatic heterocycles. The summed E-state index contributed by atoms with van der Waals surface area (Å²) in [6, 6.07) is 7.45. The van der Waals surface area contributed by atoms with Crippen molar-refractivity contribution in [3.63, 3.8) is 0 Å². The predicted octanol–water partition coefficient (Wildman–Crippen LogP) is 2.68. The molecule has 2 N–H and O–H groups in total. The van der Waals surface area contributed by atoms with E-state index in [-0.39, 0.29) is 18.8 Å². The maximum atomic E-state index is 10.9. The van der Waals surface area contributed by atoms with Gasteiger partial charge in [-0.25, -0.2) is 5.14 Å². The van der Waals surface area contributed by atoms with E-state index in [0.29, 0.717) is 11.4 Å². The van der Waals surface area contributed by atoms with Gasteiger partial charge in [0.15, 0.2) is 5.79 Å². The summed E-state index contributed by atoms with van der Waals surface area (Å²) in [6.45, 7) is -0.0517. The van der Waals surface area contributed by atoms with E-state index < -0.39 is 16.1 Å². The molecule has 1 spiro atoms. The zero-order valence-electron chi connectivity index (χ0n) is 12.6. The van der Waals surface area contributed by atoms with Crippen molar-refractivity contribution in [2.45, 2.75) is 50.1 Å². The molecule has 1 saturated heterocycles. The number of halogens is 1. The van der Waals surface area contributed by atoms with E-state index in [1.54, 1.807) is 6.07 Å². The van der Waals surface area contributed by atoms with Crippen molar-refractivity contribution in [2.75, 3.05) is 6.61 Å². The van der Waals surface area contributed by atoms with Gasteiger partial charge in [0.05, 0.1) is 12.7 Å². The van der Waals surface area contributed by atoms with Crippen LogP contribution in [0.5, 0.6) is 0 Å². The molecule has 6 nitrogen and oxygen atoms in total. The first-order valence-corrected chi connectivity index (χ1v) is 9.51. The number of ether oxygens (including phenoxy) is 2. The Morgan fingerprint density at radius 2 is 1.96 bits per heavy atom. The number of benzene rings is 1. The Kier molecular flexibility index (Phi) is 4.96. The van der Waals surface area contributed by atoms with E-state index in [4.69, 9.17) is 26.2 Å². The smallest absolute Gasteiger partial charge is 0.333 e. The molecule has 3 rings (SSSR count). The van der Waals surface area contributed by atoms with Gasteiger partial charge in [-0.15, -0.1) is 0 Å². The van der Waals surface area contributed by atoms with Crippen LogP contribution in [-0.4, -0.2) is 26.9 Å². The van der Waals surface area contributed by atoms with Gasteiger partial charge in [-0.2, -0.15) is 8.42 Å². The molecule has 128 valence electrons. The molecule has 2 unspecified atom stereocenters. The van der Waals surface area contributed by atoms with E-state index >= 15 is 0 Å². The molecule has 1 aromatic carbocycles. The summed E-state index contributed by atoms with van der Waals surface area (Å²) in [5.74, 6) is -0.587. The number of hydrogen-bond donors (Lipinski definition) is 1. The van der Waals surface area contributed by atoms with Crippen molar-refractivity contribution in [1.82, 2.24) is 0 Å². The lowest BCUT2D eigenvalue weighted by Gasteiger charge is -2.22. The summed E-state index contributed by atoms with van der Waals surface area (Å²) in [7, 11) is -3.96. The van der Waals surface area contributed by atoms with Crippen LogP contribution in [0, 0.1) is 0 Å². The standard InChI is InChI=1S/C15H20ClNO5S/c16-12-6-2-1-5-11(12)14-13(7-10-20-23(17,18)19)21-15(22-14)8-3-4-9-15/h1-2,5-6,13-14H,3-4,7-10H2,(H2,17,18,19). The fraction of sp³-hybridized carbons (Fsp3) is 0.600. The largest absolute Gasteiger partial charge is 0.344 e. The zero-order valence-corrected chi connectivity index (χ0v) is 14.2. The first-order chi connectivity index (χ1) is 10.9. The summed E-state index contributed by atoms with van der Waals surface area (Å²) >= 11 is 6.29. The fourth-order valence-electron chi connectivity index (χ4n) is 3.28. The molecular weight excluding hydrogens is 342 g/mol. The second-order valence-corrected chi connectivity index (χ2v) is 7.57. The molecule has 2 aliphatic rings. The Hall–Kier alpha value is -0.700. The van der Waals surface area contributed by atoms with Crippen molar-refractivity contribution >= 4 is 21.9 Å². The van der Waals surface area contributed by atoms with Gasteiger partial charge in [0, 0.05) is 29.8 Å². The summed E-state index contributed by atoms with van der Waals surface area (Å²) in [5, 5.41) is 5.47. The summed E-state index contributed by atoms with van der Waals surface area (Å²) in [4.78, 5) is 0. The van der Waals surface area contributed by atoms with Crippen LogP contribution in [0.2, 0.25) is 5.02 Å². The second-order valence-electron chi connectivity index (χ2n) is 5.94. The minimum absolute atomic E-state index is 0.0517. The molecule has 1 saturated carbocycles.